The quantitative estimate of drug-likeness (QED) is 0.605. The monoisotopic (exact) mass is 216 g/mol. The molecule has 1 amide bonds. The first-order valence-electron chi connectivity index (χ1n) is 5.42. The lowest BCUT2D eigenvalue weighted by atomic mass is 9.94. The maximum absolute atomic E-state index is 11.5. The molecular formula is C11H24N2O2. The van der Waals surface area contributed by atoms with Crippen LogP contribution >= 0.6 is 0 Å². The Bertz CT molecular complexity index is 203. The van der Waals surface area contributed by atoms with Crippen molar-refractivity contribution in [3.05, 3.63) is 0 Å². The number of carbonyl (C=O) groups excluding carboxylic acids is 1. The average Bonchev–Trinajstić information content (AvgIpc) is 2.13. The van der Waals surface area contributed by atoms with E-state index in [1.54, 1.807) is 0 Å². The van der Waals surface area contributed by atoms with Crippen molar-refractivity contribution < 1.29 is 9.90 Å². The Morgan fingerprint density at radius 1 is 1.47 bits per heavy atom. The lowest BCUT2D eigenvalue weighted by Gasteiger charge is -2.23. The number of carbonyl (C=O) groups is 1. The standard InChI is InChI=1S/C11H24N2O2/c1-8(2)5-9(12)10(15)13-6-11(3,4)7-14/h8-9,14H,5-7,12H2,1-4H3,(H,13,15)/t9-/m1/s1. The molecule has 0 unspecified atom stereocenters. The molecule has 0 saturated heterocycles. The lowest BCUT2D eigenvalue weighted by Crippen LogP contribution is -2.45. The van der Waals surface area contributed by atoms with Gasteiger partial charge >= 0.3 is 0 Å². The van der Waals surface area contributed by atoms with Crippen molar-refractivity contribution in [2.45, 2.75) is 40.2 Å². The van der Waals surface area contributed by atoms with Crippen LogP contribution in [-0.2, 0) is 4.79 Å². The SMILES string of the molecule is CC(C)C[C@@H](N)C(=O)NCC(C)(C)CO. The van der Waals surface area contributed by atoms with Crippen LogP contribution < -0.4 is 11.1 Å². The number of aliphatic hydroxyl groups is 1. The van der Waals surface area contributed by atoms with Crippen LogP contribution in [0, 0.1) is 11.3 Å². The summed E-state index contributed by atoms with van der Waals surface area (Å²) in [5.41, 5.74) is 5.43. The van der Waals surface area contributed by atoms with E-state index in [0.717, 1.165) is 0 Å². The van der Waals surface area contributed by atoms with Gasteiger partial charge in [-0.25, -0.2) is 0 Å². The first-order valence-corrected chi connectivity index (χ1v) is 5.42. The van der Waals surface area contributed by atoms with E-state index >= 15 is 0 Å². The Morgan fingerprint density at radius 2 is 2.00 bits per heavy atom. The van der Waals surface area contributed by atoms with Gasteiger partial charge in [0.15, 0.2) is 0 Å². The van der Waals surface area contributed by atoms with Crippen LogP contribution in [0.25, 0.3) is 0 Å². The number of amides is 1. The van der Waals surface area contributed by atoms with Gasteiger partial charge in [0.25, 0.3) is 0 Å². The molecule has 0 fully saturated rings. The molecule has 15 heavy (non-hydrogen) atoms. The summed E-state index contributed by atoms with van der Waals surface area (Å²) in [4.78, 5) is 11.5. The summed E-state index contributed by atoms with van der Waals surface area (Å²) >= 11 is 0. The molecule has 0 aliphatic heterocycles. The van der Waals surface area contributed by atoms with E-state index in [4.69, 9.17) is 10.8 Å². The molecule has 0 radical (unpaired) electrons. The summed E-state index contributed by atoms with van der Waals surface area (Å²) in [7, 11) is 0. The zero-order valence-corrected chi connectivity index (χ0v) is 10.2. The highest BCUT2D eigenvalue weighted by Crippen LogP contribution is 2.11. The molecule has 0 bridgehead atoms. The molecule has 0 aliphatic carbocycles. The predicted octanol–water partition coefficient (Wildman–Crippen LogP) is 0.495. The zero-order valence-electron chi connectivity index (χ0n) is 10.2. The van der Waals surface area contributed by atoms with Gasteiger partial charge in [0, 0.05) is 18.6 Å². The smallest absolute Gasteiger partial charge is 0.236 e. The Labute approximate surface area is 92.2 Å². The van der Waals surface area contributed by atoms with Gasteiger partial charge < -0.3 is 16.2 Å². The molecule has 0 spiro atoms. The maximum atomic E-state index is 11.5. The van der Waals surface area contributed by atoms with Crippen LogP contribution in [0.15, 0.2) is 0 Å². The second-order valence-electron chi connectivity index (χ2n) is 5.28. The summed E-state index contributed by atoms with van der Waals surface area (Å²) in [6.45, 7) is 8.35. The lowest BCUT2D eigenvalue weighted by molar-refractivity contribution is -0.123. The predicted molar refractivity (Wildman–Crippen MR) is 61.3 cm³/mol. The summed E-state index contributed by atoms with van der Waals surface area (Å²) in [6, 6.07) is -0.445. The Kier molecular flexibility index (Phi) is 5.83. The number of hydrogen-bond acceptors (Lipinski definition) is 3. The molecule has 0 saturated carbocycles. The molecule has 0 aliphatic rings. The van der Waals surface area contributed by atoms with E-state index in [2.05, 4.69) is 5.32 Å². The second-order valence-corrected chi connectivity index (χ2v) is 5.28. The number of nitrogens with one attached hydrogen (secondary N) is 1. The van der Waals surface area contributed by atoms with E-state index in [-0.39, 0.29) is 17.9 Å². The first-order chi connectivity index (χ1) is 6.78. The second kappa shape index (κ2) is 6.08. The van der Waals surface area contributed by atoms with Crippen LogP contribution in [-0.4, -0.2) is 30.2 Å². The molecule has 0 aromatic rings. The number of aliphatic hydroxyl groups excluding tert-OH is 1. The van der Waals surface area contributed by atoms with E-state index in [9.17, 15) is 4.79 Å². The molecule has 0 rings (SSSR count). The Morgan fingerprint density at radius 3 is 2.40 bits per heavy atom. The highest BCUT2D eigenvalue weighted by Gasteiger charge is 2.20. The Hall–Kier alpha value is -0.610. The maximum Gasteiger partial charge on any atom is 0.236 e. The van der Waals surface area contributed by atoms with E-state index in [0.29, 0.717) is 18.9 Å². The van der Waals surface area contributed by atoms with Crippen molar-refractivity contribution in [1.82, 2.24) is 5.32 Å². The third kappa shape index (κ3) is 6.47. The largest absolute Gasteiger partial charge is 0.396 e. The van der Waals surface area contributed by atoms with E-state index in [1.807, 2.05) is 27.7 Å². The van der Waals surface area contributed by atoms with Crippen molar-refractivity contribution in [3.8, 4) is 0 Å². The minimum atomic E-state index is -0.445. The number of nitrogens with two attached hydrogens (primary N) is 1. The molecule has 4 nitrogen and oxygen atoms in total. The highest BCUT2D eigenvalue weighted by molar-refractivity contribution is 5.81. The number of rotatable bonds is 6. The van der Waals surface area contributed by atoms with Crippen LogP contribution in [0.3, 0.4) is 0 Å². The molecular weight excluding hydrogens is 192 g/mol. The highest BCUT2D eigenvalue weighted by atomic mass is 16.3. The van der Waals surface area contributed by atoms with Crippen LogP contribution in [0.2, 0.25) is 0 Å². The van der Waals surface area contributed by atoms with Gasteiger partial charge in [-0.1, -0.05) is 27.7 Å². The van der Waals surface area contributed by atoms with E-state index < -0.39 is 6.04 Å². The van der Waals surface area contributed by atoms with Gasteiger partial charge in [-0.05, 0) is 12.3 Å². The molecule has 4 N–H and O–H groups in total. The molecule has 1 atom stereocenters. The van der Waals surface area contributed by atoms with Crippen molar-refractivity contribution in [2.24, 2.45) is 17.1 Å². The van der Waals surface area contributed by atoms with Gasteiger partial charge in [0.1, 0.15) is 0 Å². The van der Waals surface area contributed by atoms with Crippen LogP contribution in [0.4, 0.5) is 0 Å². The fourth-order valence-electron chi connectivity index (χ4n) is 1.13. The van der Waals surface area contributed by atoms with Crippen LogP contribution in [0.5, 0.6) is 0 Å². The molecule has 4 heteroatoms. The summed E-state index contributed by atoms with van der Waals surface area (Å²) < 4.78 is 0. The average molecular weight is 216 g/mol. The van der Waals surface area contributed by atoms with Crippen molar-refractivity contribution in [1.29, 1.82) is 0 Å². The normalized spacial score (nSPS) is 14.1. The van der Waals surface area contributed by atoms with Gasteiger partial charge in [-0.15, -0.1) is 0 Å². The molecule has 0 aromatic heterocycles. The van der Waals surface area contributed by atoms with Crippen molar-refractivity contribution in [2.75, 3.05) is 13.2 Å². The summed E-state index contributed by atoms with van der Waals surface area (Å²) in [5.74, 6) is 0.279. The van der Waals surface area contributed by atoms with Gasteiger partial charge in [-0.3, -0.25) is 4.79 Å². The van der Waals surface area contributed by atoms with Crippen LogP contribution in [0.1, 0.15) is 34.1 Å². The first kappa shape index (κ1) is 14.4. The van der Waals surface area contributed by atoms with E-state index in [1.165, 1.54) is 0 Å². The fraction of sp³-hybridized carbons (Fsp3) is 0.909. The molecule has 90 valence electrons. The third-order valence-corrected chi connectivity index (χ3v) is 2.23. The fourth-order valence-corrected chi connectivity index (χ4v) is 1.13. The van der Waals surface area contributed by atoms with Gasteiger partial charge in [0.05, 0.1) is 6.04 Å². The zero-order chi connectivity index (χ0) is 12.1. The van der Waals surface area contributed by atoms with Crippen molar-refractivity contribution in [3.63, 3.8) is 0 Å². The summed E-state index contributed by atoms with van der Waals surface area (Å²) in [5, 5.41) is 11.8. The van der Waals surface area contributed by atoms with Gasteiger partial charge in [-0.2, -0.15) is 0 Å². The number of hydrogen-bond donors (Lipinski definition) is 3. The minimum absolute atomic E-state index is 0.0483. The summed E-state index contributed by atoms with van der Waals surface area (Å²) in [6.07, 6.45) is 0.686. The molecule has 0 aromatic carbocycles. The van der Waals surface area contributed by atoms with Crippen molar-refractivity contribution >= 4 is 5.91 Å². The Balaban J connectivity index is 3.93. The topological polar surface area (TPSA) is 75.4 Å². The van der Waals surface area contributed by atoms with Gasteiger partial charge in [0.2, 0.25) is 5.91 Å². The third-order valence-electron chi connectivity index (χ3n) is 2.23. The molecule has 0 heterocycles. The minimum Gasteiger partial charge on any atom is -0.396 e.